The minimum Gasteiger partial charge on any atom is -0.360 e. The van der Waals surface area contributed by atoms with E-state index in [1.54, 1.807) is 24.3 Å². The first-order chi connectivity index (χ1) is 8.75. The van der Waals surface area contributed by atoms with Gasteiger partial charge in [-0.2, -0.15) is 0 Å². The van der Waals surface area contributed by atoms with Crippen LogP contribution in [0.25, 0.3) is 0 Å². The van der Waals surface area contributed by atoms with Crippen LogP contribution in [0.3, 0.4) is 0 Å². The molecule has 2 aliphatic heterocycles. The van der Waals surface area contributed by atoms with Crippen LogP contribution in [0.5, 0.6) is 0 Å². The first-order valence-corrected chi connectivity index (χ1v) is 8.08. The highest BCUT2D eigenvalue weighted by atomic mass is 35.5. The molecule has 1 fully saturated rings. The second kappa shape index (κ2) is 3.84. The number of rotatable bonds is 2. The van der Waals surface area contributed by atoms with E-state index in [2.05, 4.69) is 0 Å². The highest BCUT2D eigenvalue weighted by Gasteiger charge is 2.58. The SMILES string of the molecule is C[C@]12C=C[C@](C)(O1)[C@@H](S(=O)(=O)c1ccc(Cl)cc1)C2. The molecule has 0 spiro atoms. The van der Waals surface area contributed by atoms with E-state index in [-0.39, 0.29) is 0 Å². The number of benzene rings is 1. The maximum Gasteiger partial charge on any atom is 0.184 e. The van der Waals surface area contributed by atoms with Crippen molar-refractivity contribution in [2.45, 2.75) is 41.6 Å². The summed E-state index contributed by atoms with van der Waals surface area (Å²) in [5.74, 6) is 0. The predicted octanol–water partition coefficient (Wildman–Crippen LogP) is 2.99. The van der Waals surface area contributed by atoms with Crippen molar-refractivity contribution in [2.24, 2.45) is 0 Å². The average molecular weight is 299 g/mol. The molecule has 0 unspecified atom stereocenters. The van der Waals surface area contributed by atoms with Crippen LogP contribution in [0, 0.1) is 0 Å². The van der Waals surface area contributed by atoms with Crippen LogP contribution in [0.1, 0.15) is 20.3 Å². The van der Waals surface area contributed by atoms with E-state index < -0.39 is 26.3 Å². The molecule has 3 nitrogen and oxygen atoms in total. The monoisotopic (exact) mass is 298 g/mol. The van der Waals surface area contributed by atoms with Crippen molar-refractivity contribution in [2.75, 3.05) is 0 Å². The Bertz CT molecular complexity index is 650. The summed E-state index contributed by atoms with van der Waals surface area (Å²) in [6, 6.07) is 6.31. The molecular formula is C14H15ClO3S. The number of halogens is 1. The molecule has 0 radical (unpaired) electrons. The quantitative estimate of drug-likeness (QED) is 0.788. The fourth-order valence-corrected chi connectivity index (χ4v) is 5.24. The lowest BCUT2D eigenvalue weighted by Gasteiger charge is -2.25. The molecule has 0 aromatic heterocycles. The zero-order valence-corrected chi connectivity index (χ0v) is 12.3. The molecule has 1 saturated heterocycles. The van der Waals surface area contributed by atoms with Crippen molar-refractivity contribution in [3.8, 4) is 0 Å². The van der Waals surface area contributed by atoms with Crippen molar-refractivity contribution in [1.82, 2.24) is 0 Å². The minimum absolute atomic E-state index is 0.302. The Morgan fingerprint density at radius 1 is 1.21 bits per heavy atom. The number of ether oxygens (including phenoxy) is 1. The van der Waals surface area contributed by atoms with E-state index >= 15 is 0 Å². The molecule has 1 aromatic carbocycles. The highest BCUT2D eigenvalue weighted by Crippen LogP contribution is 2.49. The molecule has 3 rings (SSSR count). The van der Waals surface area contributed by atoms with Crippen molar-refractivity contribution in [3.05, 3.63) is 41.4 Å². The standard InChI is InChI=1S/C14H15ClO3S/c1-13-7-8-14(2,18-13)12(9-13)19(16,17)11-5-3-10(15)4-6-11/h3-8,12H,9H2,1-2H3/t12-,13+,14-/m0/s1. The summed E-state index contributed by atoms with van der Waals surface area (Å²) >= 11 is 5.80. The van der Waals surface area contributed by atoms with Crippen molar-refractivity contribution < 1.29 is 13.2 Å². The zero-order valence-electron chi connectivity index (χ0n) is 10.8. The Morgan fingerprint density at radius 3 is 2.32 bits per heavy atom. The topological polar surface area (TPSA) is 43.4 Å². The molecule has 2 aliphatic rings. The molecule has 0 saturated carbocycles. The third-order valence-corrected chi connectivity index (χ3v) is 6.53. The van der Waals surface area contributed by atoms with Crippen LogP contribution in [-0.2, 0) is 14.6 Å². The summed E-state index contributed by atoms with van der Waals surface area (Å²) in [6.07, 6.45) is 4.32. The molecular weight excluding hydrogens is 284 g/mol. The average Bonchev–Trinajstić information content (AvgIpc) is 2.78. The lowest BCUT2D eigenvalue weighted by Crippen LogP contribution is -2.39. The van der Waals surface area contributed by atoms with Gasteiger partial charge in [0.25, 0.3) is 0 Å². The second-order valence-corrected chi connectivity index (χ2v) is 8.19. The summed E-state index contributed by atoms with van der Waals surface area (Å²) in [5.41, 5.74) is -1.19. The largest absolute Gasteiger partial charge is 0.360 e. The number of fused-ring (bicyclic) bond motifs is 2. The normalized spacial score (nSPS) is 36.9. The van der Waals surface area contributed by atoms with Crippen molar-refractivity contribution in [1.29, 1.82) is 0 Å². The molecule has 102 valence electrons. The smallest absolute Gasteiger partial charge is 0.184 e. The van der Waals surface area contributed by atoms with Gasteiger partial charge in [0.05, 0.1) is 10.5 Å². The Labute approximate surface area is 118 Å². The van der Waals surface area contributed by atoms with Gasteiger partial charge in [-0.15, -0.1) is 0 Å². The fraction of sp³-hybridized carbons (Fsp3) is 0.429. The number of sulfone groups is 1. The van der Waals surface area contributed by atoms with Gasteiger partial charge in [0.2, 0.25) is 0 Å². The van der Waals surface area contributed by atoms with Gasteiger partial charge >= 0.3 is 0 Å². The number of hydrogen-bond donors (Lipinski definition) is 0. The van der Waals surface area contributed by atoms with Gasteiger partial charge in [-0.3, -0.25) is 0 Å². The van der Waals surface area contributed by atoms with E-state index in [0.717, 1.165) is 0 Å². The maximum absolute atomic E-state index is 12.7. The summed E-state index contributed by atoms with van der Waals surface area (Å²) < 4.78 is 31.3. The Kier molecular flexibility index (Phi) is 2.66. The van der Waals surface area contributed by atoms with Gasteiger partial charge in [0, 0.05) is 5.02 Å². The van der Waals surface area contributed by atoms with Crippen LogP contribution in [0.2, 0.25) is 5.02 Å². The van der Waals surface area contributed by atoms with E-state index in [9.17, 15) is 8.42 Å². The van der Waals surface area contributed by atoms with E-state index in [4.69, 9.17) is 16.3 Å². The molecule has 2 heterocycles. The van der Waals surface area contributed by atoms with Crippen LogP contribution in [0.4, 0.5) is 0 Å². The predicted molar refractivity (Wildman–Crippen MR) is 74.1 cm³/mol. The summed E-state index contributed by atoms with van der Waals surface area (Å²) in [6.45, 7) is 3.76. The van der Waals surface area contributed by atoms with E-state index in [1.165, 1.54) is 0 Å². The van der Waals surface area contributed by atoms with Gasteiger partial charge in [-0.25, -0.2) is 8.42 Å². The highest BCUT2D eigenvalue weighted by molar-refractivity contribution is 7.92. The van der Waals surface area contributed by atoms with Crippen LogP contribution in [-0.4, -0.2) is 24.9 Å². The van der Waals surface area contributed by atoms with E-state index in [0.29, 0.717) is 16.3 Å². The second-order valence-electron chi connectivity index (χ2n) is 5.62. The summed E-state index contributed by atoms with van der Waals surface area (Å²) in [4.78, 5) is 0.302. The van der Waals surface area contributed by atoms with Crippen molar-refractivity contribution in [3.63, 3.8) is 0 Å². The Hall–Kier alpha value is -0.840. The minimum atomic E-state index is -3.42. The first-order valence-electron chi connectivity index (χ1n) is 6.15. The summed E-state index contributed by atoms with van der Waals surface area (Å²) in [7, 11) is -3.42. The first kappa shape index (κ1) is 13.2. The zero-order chi connectivity index (χ0) is 13.9. The van der Waals surface area contributed by atoms with Crippen LogP contribution < -0.4 is 0 Å². The molecule has 2 bridgehead atoms. The molecule has 0 amide bonds. The van der Waals surface area contributed by atoms with Gasteiger partial charge in [-0.1, -0.05) is 23.8 Å². The van der Waals surface area contributed by atoms with Gasteiger partial charge in [-0.05, 0) is 44.5 Å². The van der Waals surface area contributed by atoms with Gasteiger partial charge < -0.3 is 4.74 Å². The Balaban J connectivity index is 2.03. The lowest BCUT2D eigenvalue weighted by atomic mass is 9.90. The van der Waals surface area contributed by atoms with Crippen molar-refractivity contribution >= 4 is 21.4 Å². The molecule has 19 heavy (non-hydrogen) atoms. The van der Waals surface area contributed by atoms with Gasteiger partial charge in [0.1, 0.15) is 10.9 Å². The third-order valence-electron chi connectivity index (χ3n) is 3.97. The van der Waals surface area contributed by atoms with Crippen LogP contribution in [0.15, 0.2) is 41.3 Å². The Morgan fingerprint density at radius 2 is 1.84 bits per heavy atom. The maximum atomic E-state index is 12.7. The molecule has 0 N–H and O–H groups in total. The molecule has 0 aliphatic carbocycles. The molecule has 5 heteroatoms. The molecule has 1 aromatic rings. The molecule has 3 atom stereocenters. The van der Waals surface area contributed by atoms with Crippen LogP contribution >= 0.6 is 11.6 Å². The summed E-state index contributed by atoms with van der Waals surface area (Å²) in [5, 5.41) is -0.0163. The van der Waals surface area contributed by atoms with Gasteiger partial charge in [0.15, 0.2) is 9.84 Å². The van der Waals surface area contributed by atoms with E-state index in [1.807, 2.05) is 26.0 Å². The lowest BCUT2D eigenvalue weighted by molar-refractivity contribution is -0.00953. The number of hydrogen-bond acceptors (Lipinski definition) is 3. The third kappa shape index (κ3) is 1.93. The fourth-order valence-electron chi connectivity index (χ4n) is 2.97.